The van der Waals surface area contributed by atoms with Crippen molar-refractivity contribution in [3.63, 3.8) is 0 Å². The number of nitrogens with zero attached hydrogens (tertiary/aromatic N) is 1. The van der Waals surface area contributed by atoms with Crippen molar-refractivity contribution in [1.29, 1.82) is 0 Å². The van der Waals surface area contributed by atoms with Crippen molar-refractivity contribution in [1.82, 2.24) is 15.5 Å². The molecule has 2 N–H and O–H groups in total. The predicted molar refractivity (Wildman–Crippen MR) is 142 cm³/mol. The normalized spacial score (nSPS) is 19.1. The number of hydrogen-bond donors (Lipinski definition) is 2. The van der Waals surface area contributed by atoms with Crippen molar-refractivity contribution in [3.05, 3.63) is 64.4 Å². The molecule has 8 heteroatoms. The first-order chi connectivity index (χ1) is 17.0. The van der Waals surface area contributed by atoms with Crippen LogP contribution in [0.25, 0.3) is 6.08 Å². The van der Waals surface area contributed by atoms with Crippen molar-refractivity contribution >= 4 is 23.4 Å². The molecule has 0 aromatic heterocycles. The molecule has 186 valence electrons. The molecule has 0 fully saturated rings. The third-order valence-corrected chi connectivity index (χ3v) is 6.56. The lowest BCUT2D eigenvalue weighted by Crippen LogP contribution is -2.50. The van der Waals surface area contributed by atoms with E-state index in [4.69, 9.17) is 31.2 Å². The first-order valence-corrected chi connectivity index (χ1v) is 12.1. The number of rotatable bonds is 8. The van der Waals surface area contributed by atoms with Crippen LogP contribution in [0.5, 0.6) is 23.0 Å². The summed E-state index contributed by atoms with van der Waals surface area (Å²) >= 11 is 5.66. The summed E-state index contributed by atoms with van der Waals surface area (Å²) in [6, 6.07) is 11.7. The van der Waals surface area contributed by atoms with E-state index < -0.39 is 0 Å². The molecule has 35 heavy (non-hydrogen) atoms. The van der Waals surface area contributed by atoms with Crippen LogP contribution >= 0.6 is 12.2 Å². The maximum atomic E-state index is 5.78. The second kappa shape index (κ2) is 11.0. The largest absolute Gasteiger partial charge is 0.493 e. The molecule has 0 saturated carbocycles. The summed E-state index contributed by atoms with van der Waals surface area (Å²) in [5.41, 5.74) is 5.33. The number of methoxy groups -OCH3 is 4. The Balaban J connectivity index is 1.88. The highest BCUT2D eigenvalue weighted by Gasteiger charge is 2.35. The van der Waals surface area contributed by atoms with Crippen LogP contribution in [0.1, 0.15) is 30.5 Å². The molecule has 2 aromatic carbocycles. The molecular weight excluding hydrogens is 462 g/mol. The van der Waals surface area contributed by atoms with Crippen LogP contribution in [-0.2, 0) is 0 Å². The van der Waals surface area contributed by atoms with E-state index >= 15 is 0 Å². The molecule has 1 atom stereocenters. The van der Waals surface area contributed by atoms with Crippen molar-refractivity contribution in [2.45, 2.75) is 19.4 Å². The molecule has 0 amide bonds. The molecule has 2 aliphatic rings. The Bertz CT molecular complexity index is 1160. The summed E-state index contributed by atoms with van der Waals surface area (Å²) < 4.78 is 22.6. The van der Waals surface area contributed by atoms with Gasteiger partial charge in [0, 0.05) is 29.9 Å². The minimum atomic E-state index is -0.154. The molecule has 0 radical (unpaired) electrons. The highest BCUT2D eigenvalue weighted by atomic mass is 32.1. The quantitative estimate of drug-likeness (QED) is 0.526. The molecule has 0 unspecified atom stereocenters. The zero-order chi connectivity index (χ0) is 24.9. The van der Waals surface area contributed by atoms with E-state index in [-0.39, 0.29) is 6.04 Å². The molecule has 7 nitrogen and oxygen atoms in total. The Labute approximate surface area is 212 Å². The van der Waals surface area contributed by atoms with Crippen molar-refractivity contribution < 1.29 is 18.9 Å². The van der Waals surface area contributed by atoms with E-state index in [2.05, 4.69) is 34.6 Å². The molecule has 0 bridgehead atoms. The number of ether oxygens (including phenoxy) is 4. The van der Waals surface area contributed by atoms with Crippen molar-refractivity contribution in [2.24, 2.45) is 0 Å². The second-order valence-corrected chi connectivity index (χ2v) is 8.89. The van der Waals surface area contributed by atoms with E-state index in [1.807, 2.05) is 30.3 Å². The Hall–Kier alpha value is -3.23. The van der Waals surface area contributed by atoms with Crippen LogP contribution in [-0.4, -0.2) is 58.1 Å². The van der Waals surface area contributed by atoms with Crippen LogP contribution < -0.4 is 29.6 Å². The molecular formula is C27H33N3O4S. The average molecular weight is 496 g/mol. The van der Waals surface area contributed by atoms with E-state index in [1.165, 1.54) is 5.57 Å². The third-order valence-electron chi connectivity index (χ3n) is 6.34. The third kappa shape index (κ3) is 4.94. The van der Waals surface area contributed by atoms with Gasteiger partial charge >= 0.3 is 0 Å². The first-order valence-electron chi connectivity index (χ1n) is 11.7. The fourth-order valence-corrected chi connectivity index (χ4v) is 5.10. The SMILES string of the molecule is CCCN1CC2=C(NC(=S)N[C@@H]2c2cccc(OC)c2OC)/C(=C\c2cccc(OC)c2OC)C1. The molecule has 0 saturated heterocycles. The number of benzene rings is 2. The second-order valence-electron chi connectivity index (χ2n) is 8.48. The minimum Gasteiger partial charge on any atom is -0.493 e. The van der Waals surface area contributed by atoms with Crippen LogP contribution in [0, 0.1) is 0 Å². The minimum absolute atomic E-state index is 0.154. The first kappa shape index (κ1) is 24.9. The Morgan fingerprint density at radius 2 is 1.63 bits per heavy atom. The fourth-order valence-electron chi connectivity index (χ4n) is 4.88. The van der Waals surface area contributed by atoms with E-state index in [9.17, 15) is 0 Å². The van der Waals surface area contributed by atoms with Crippen molar-refractivity contribution in [3.8, 4) is 23.0 Å². The van der Waals surface area contributed by atoms with Gasteiger partial charge in [-0.3, -0.25) is 4.90 Å². The fraction of sp³-hybridized carbons (Fsp3) is 0.370. The summed E-state index contributed by atoms with van der Waals surface area (Å²) in [6.07, 6.45) is 3.23. The van der Waals surface area contributed by atoms with Gasteiger partial charge in [-0.15, -0.1) is 0 Å². The zero-order valence-electron chi connectivity index (χ0n) is 20.9. The Kier molecular flexibility index (Phi) is 7.83. The van der Waals surface area contributed by atoms with Crippen molar-refractivity contribution in [2.75, 3.05) is 48.1 Å². The number of nitrogens with one attached hydrogen (secondary N) is 2. The van der Waals surface area contributed by atoms with E-state index in [0.29, 0.717) is 28.1 Å². The van der Waals surface area contributed by atoms with Crippen LogP contribution in [0.3, 0.4) is 0 Å². The monoisotopic (exact) mass is 495 g/mol. The lowest BCUT2D eigenvalue weighted by Gasteiger charge is -2.40. The van der Waals surface area contributed by atoms with Gasteiger partial charge in [0.25, 0.3) is 0 Å². The summed E-state index contributed by atoms with van der Waals surface area (Å²) in [4.78, 5) is 2.45. The Morgan fingerprint density at radius 3 is 2.29 bits per heavy atom. The Morgan fingerprint density at radius 1 is 0.943 bits per heavy atom. The predicted octanol–water partition coefficient (Wildman–Crippen LogP) is 4.30. The summed E-state index contributed by atoms with van der Waals surface area (Å²) in [5.74, 6) is 2.80. The van der Waals surface area contributed by atoms with Crippen LogP contribution in [0.2, 0.25) is 0 Å². The average Bonchev–Trinajstić information content (AvgIpc) is 2.88. The van der Waals surface area contributed by atoms with Gasteiger partial charge in [0.15, 0.2) is 28.1 Å². The van der Waals surface area contributed by atoms with Gasteiger partial charge in [-0.05, 0) is 54.5 Å². The highest BCUT2D eigenvalue weighted by Crippen LogP contribution is 2.42. The van der Waals surface area contributed by atoms with Gasteiger partial charge < -0.3 is 29.6 Å². The van der Waals surface area contributed by atoms with Gasteiger partial charge in [-0.25, -0.2) is 0 Å². The number of thiocarbonyl (C=S) groups is 1. The molecule has 2 aromatic rings. The molecule has 4 rings (SSSR count). The van der Waals surface area contributed by atoms with Gasteiger partial charge in [-0.1, -0.05) is 31.2 Å². The number of para-hydroxylation sites is 2. The molecule has 2 aliphatic heterocycles. The summed E-state index contributed by atoms with van der Waals surface area (Å²) in [5, 5.41) is 7.49. The lowest BCUT2D eigenvalue weighted by molar-refractivity contribution is 0.299. The molecule has 0 spiro atoms. The van der Waals surface area contributed by atoms with Crippen LogP contribution in [0.15, 0.2) is 53.2 Å². The maximum absolute atomic E-state index is 5.78. The van der Waals surface area contributed by atoms with Gasteiger partial charge in [0.2, 0.25) is 0 Å². The number of hydrogen-bond acceptors (Lipinski definition) is 6. The maximum Gasteiger partial charge on any atom is 0.171 e. The van der Waals surface area contributed by atoms with E-state index in [0.717, 1.165) is 48.5 Å². The topological polar surface area (TPSA) is 64.2 Å². The highest BCUT2D eigenvalue weighted by molar-refractivity contribution is 7.80. The van der Waals surface area contributed by atoms with Gasteiger partial charge in [0.1, 0.15) is 0 Å². The van der Waals surface area contributed by atoms with Gasteiger partial charge in [0.05, 0.1) is 34.5 Å². The molecule has 0 aliphatic carbocycles. The van der Waals surface area contributed by atoms with E-state index in [1.54, 1.807) is 28.4 Å². The smallest absolute Gasteiger partial charge is 0.171 e. The standard InChI is InChI=1S/C27H33N3O4S/c1-6-13-30-15-18(14-17-9-7-11-21(31-2)25(17)33-4)23-20(16-30)24(29-27(35)28-23)19-10-8-12-22(32-3)26(19)34-5/h7-12,14,24H,6,13,15-16H2,1-5H3,(H2,28,29,35)/b18-14-/t24-/m1/s1. The summed E-state index contributed by atoms with van der Waals surface area (Å²) in [6.45, 7) is 4.79. The van der Waals surface area contributed by atoms with Crippen LogP contribution in [0.4, 0.5) is 0 Å². The summed E-state index contributed by atoms with van der Waals surface area (Å²) in [7, 11) is 6.63. The zero-order valence-corrected chi connectivity index (χ0v) is 21.8. The molecule has 2 heterocycles. The lowest BCUT2D eigenvalue weighted by atomic mass is 9.88. The van der Waals surface area contributed by atoms with Gasteiger partial charge in [-0.2, -0.15) is 0 Å².